The fourth-order valence-electron chi connectivity index (χ4n) is 3.19. The van der Waals surface area contributed by atoms with Crippen molar-refractivity contribution in [3.05, 3.63) is 24.4 Å². The molecule has 14 heteroatoms. The summed E-state index contributed by atoms with van der Waals surface area (Å²) < 4.78 is 41.1. The number of carboxylic acid groups (broad SMARTS) is 1. The Morgan fingerprint density at radius 2 is 2.12 bits per heavy atom. The van der Waals surface area contributed by atoms with Crippen LogP contribution in [0.15, 0.2) is 29.3 Å². The van der Waals surface area contributed by atoms with Crippen molar-refractivity contribution in [2.24, 2.45) is 0 Å². The zero-order valence-electron chi connectivity index (χ0n) is 18.0. The van der Waals surface area contributed by atoms with Crippen molar-refractivity contribution < 1.29 is 37.7 Å². The number of hydrogen-bond donors (Lipinski definition) is 4. The minimum Gasteiger partial charge on any atom is -0.484 e. The zero-order valence-corrected chi connectivity index (χ0v) is 18.8. The molecule has 0 fully saturated rings. The Balaban J connectivity index is 2.07. The van der Waals surface area contributed by atoms with Gasteiger partial charge >= 0.3 is 6.09 Å². The Kier molecular flexibility index (Phi) is 7.28. The highest BCUT2D eigenvalue weighted by molar-refractivity contribution is 7.93. The van der Waals surface area contributed by atoms with E-state index in [1.54, 1.807) is 6.92 Å². The van der Waals surface area contributed by atoms with Crippen molar-refractivity contribution in [3.8, 4) is 11.6 Å². The van der Waals surface area contributed by atoms with Crippen LogP contribution in [0.2, 0.25) is 0 Å². The van der Waals surface area contributed by atoms with E-state index < -0.39 is 22.2 Å². The highest BCUT2D eigenvalue weighted by Crippen LogP contribution is 2.40. The minimum absolute atomic E-state index is 0.0536. The van der Waals surface area contributed by atoms with Crippen LogP contribution in [0.5, 0.6) is 11.6 Å². The molecule has 180 valence electrons. The number of rotatable bonds is 9. The topological polar surface area (TPSA) is 172 Å². The zero-order chi connectivity index (χ0) is 24.2. The van der Waals surface area contributed by atoms with Gasteiger partial charge in [0.15, 0.2) is 4.90 Å². The molecule has 33 heavy (non-hydrogen) atoms. The fraction of sp³-hybridized carbons (Fsp3) is 0.421. The van der Waals surface area contributed by atoms with Crippen molar-refractivity contribution in [1.29, 1.82) is 0 Å². The van der Waals surface area contributed by atoms with Crippen LogP contribution in [0.25, 0.3) is 0 Å². The molecule has 3 rings (SSSR count). The van der Waals surface area contributed by atoms with Crippen molar-refractivity contribution in [1.82, 2.24) is 15.1 Å². The molecule has 1 atom stereocenters. The third kappa shape index (κ3) is 5.46. The lowest BCUT2D eigenvalue weighted by molar-refractivity contribution is -0.119. The van der Waals surface area contributed by atoms with E-state index in [1.807, 2.05) is 0 Å². The van der Waals surface area contributed by atoms with Crippen molar-refractivity contribution in [2.75, 3.05) is 35.9 Å². The number of fused-ring (bicyclic) bond motifs is 1. The molecule has 2 heterocycles. The van der Waals surface area contributed by atoms with Gasteiger partial charge in [0.1, 0.15) is 18.5 Å². The summed E-state index contributed by atoms with van der Waals surface area (Å²) >= 11 is 0. The van der Waals surface area contributed by atoms with Crippen LogP contribution in [0, 0.1) is 0 Å². The fourth-order valence-corrected chi connectivity index (χ4v) is 4.77. The van der Waals surface area contributed by atoms with Gasteiger partial charge in [-0.1, -0.05) is 0 Å². The monoisotopic (exact) mass is 483 g/mol. The van der Waals surface area contributed by atoms with Crippen molar-refractivity contribution in [3.63, 3.8) is 0 Å². The number of aliphatic hydroxyl groups is 1. The number of hydrogen-bond acceptors (Lipinski definition) is 8. The van der Waals surface area contributed by atoms with Crippen LogP contribution in [-0.2, 0) is 21.4 Å². The first-order valence-corrected chi connectivity index (χ1v) is 11.5. The number of amides is 2. The Morgan fingerprint density at radius 1 is 1.36 bits per heavy atom. The summed E-state index contributed by atoms with van der Waals surface area (Å²) in [4.78, 5) is 22.2. The van der Waals surface area contributed by atoms with E-state index in [-0.39, 0.29) is 60.1 Å². The molecule has 1 aromatic heterocycles. The minimum atomic E-state index is -4.27. The summed E-state index contributed by atoms with van der Waals surface area (Å²) in [7, 11) is -4.27. The number of aryl methyl sites for hydroxylation is 1. The predicted molar refractivity (Wildman–Crippen MR) is 116 cm³/mol. The second-order valence-electron chi connectivity index (χ2n) is 7.05. The normalized spacial score (nSPS) is 15.4. The number of sulfonamides is 1. The number of ether oxygens (including phenoxy) is 2. The number of aromatic nitrogens is 2. The van der Waals surface area contributed by atoms with Crippen LogP contribution in [0.4, 0.5) is 16.2 Å². The largest absolute Gasteiger partial charge is 0.484 e. The van der Waals surface area contributed by atoms with Crippen LogP contribution in [0.3, 0.4) is 0 Å². The second-order valence-corrected chi connectivity index (χ2v) is 8.88. The number of nitrogens with zero attached hydrogens (tertiary/aromatic N) is 3. The molecule has 4 N–H and O–H groups in total. The average molecular weight is 484 g/mol. The van der Waals surface area contributed by atoms with Crippen LogP contribution in [-0.4, -0.2) is 72.8 Å². The molecular formula is C19H25N5O8S. The number of carbonyl (C=O) groups is 2. The van der Waals surface area contributed by atoms with E-state index >= 15 is 0 Å². The third-order valence-corrected chi connectivity index (χ3v) is 6.40. The van der Waals surface area contributed by atoms with Crippen LogP contribution in [0.1, 0.15) is 13.8 Å². The van der Waals surface area contributed by atoms with E-state index in [4.69, 9.17) is 19.7 Å². The maximum atomic E-state index is 13.7. The third-order valence-electron chi connectivity index (χ3n) is 4.64. The first kappa shape index (κ1) is 24.1. The van der Waals surface area contributed by atoms with Gasteiger partial charge in [0.2, 0.25) is 5.91 Å². The molecule has 2 amide bonds. The standard InChI is InChI=1S/C19H25N5O8S/c1-3-23-11-17(18(22-23)31-7-6-25)33(29,30)24-10-14(9-20-12(2)26)32-16-5-4-13(8-15(16)24)21-19(27)28/h4-5,8,11,14,21,25H,3,6-7,9-10H2,1-2H3,(H,20,26)(H,27,28). The van der Waals surface area contributed by atoms with Crippen molar-refractivity contribution in [2.45, 2.75) is 31.4 Å². The smallest absolute Gasteiger partial charge is 0.409 e. The van der Waals surface area contributed by atoms with E-state index in [1.165, 1.54) is 36.0 Å². The second kappa shape index (κ2) is 9.95. The van der Waals surface area contributed by atoms with Gasteiger partial charge in [0.25, 0.3) is 15.9 Å². The highest BCUT2D eigenvalue weighted by atomic mass is 32.2. The summed E-state index contributed by atoms with van der Waals surface area (Å²) in [5.74, 6) is -0.280. The first-order chi connectivity index (χ1) is 15.6. The van der Waals surface area contributed by atoms with Crippen molar-refractivity contribution >= 4 is 33.4 Å². The van der Waals surface area contributed by atoms with Crippen LogP contribution < -0.4 is 24.4 Å². The molecule has 0 saturated carbocycles. The number of benzene rings is 1. The molecule has 1 aromatic carbocycles. The van der Waals surface area contributed by atoms with Gasteiger partial charge in [0, 0.05) is 25.4 Å². The Bertz CT molecular complexity index is 1130. The number of aliphatic hydroxyl groups excluding tert-OH is 1. The van der Waals surface area contributed by atoms with Gasteiger partial charge in [-0.2, -0.15) is 0 Å². The molecule has 1 aliphatic rings. The van der Waals surface area contributed by atoms with Gasteiger partial charge in [-0.05, 0) is 25.1 Å². The lowest BCUT2D eigenvalue weighted by atomic mass is 10.2. The highest BCUT2D eigenvalue weighted by Gasteiger charge is 2.38. The number of nitrogens with one attached hydrogen (secondary N) is 2. The average Bonchev–Trinajstić information content (AvgIpc) is 3.19. The molecule has 1 aliphatic heterocycles. The molecule has 0 spiro atoms. The summed E-state index contributed by atoms with van der Waals surface area (Å²) in [6.07, 6.45) is -0.703. The Labute approximate surface area is 189 Å². The molecule has 1 unspecified atom stereocenters. The lowest BCUT2D eigenvalue weighted by Crippen LogP contribution is -2.48. The summed E-state index contributed by atoms with van der Waals surface area (Å²) in [6, 6.07) is 4.22. The van der Waals surface area contributed by atoms with Gasteiger partial charge < -0.3 is 25.0 Å². The number of anilines is 2. The molecule has 0 radical (unpaired) electrons. The van der Waals surface area contributed by atoms with E-state index in [0.717, 1.165) is 4.31 Å². The quantitative estimate of drug-likeness (QED) is 0.395. The molecular weight excluding hydrogens is 458 g/mol. The summed E-state index contributed by atoms with van der Waals surface area (Å²) in [5.41, 5.74) is 0.254. The molecule has 13 nitrogen and oxygen atoms in total. The molecule has 0 aliphatic carbocycles. The lowest BCUT2D eigenvalue weighted by Gasteiger charge is -2.35. The first-order valence-electron chi connectivity index (χ1n) is 10.0. The number of carbonyl (C=O) groups excluding carboxylic acids is 1. The Morgan fingerprint density at radius 3 is 2.76 bits per heavy atom. The van der Waals surface area contributed by atoms with Gasteiger partial charge in [0.05, 0.1) is 25.4 Å². The SMILES string of the molecule is CCn1cc(S(=O)(=O)N2CC(CNC(C)=O)Oc3ccc(NC(=O)O)cc32)c(OCCO)n1. The maximum absolute atomic E-state index is 13.7. The summed E-state index contributed by atoms with van der Waals surface area (Å²) in [5, 5.41) is 27.0. The van der Waals surface area contributed by atoms with Crippen LogP contribution >= 0.6 is 0 Å². The predicted octanol–water partition coefficient (Wildman–Crippen LogP) is 0.456. The molecule has 2 aromatic rings. The van der Waals surface area contributed by atoms with Gasteiger partial charge in [-0.3, -0.25) is 19.1 Å². The van der Waals surface area contributed by atoms with E-state index in [2.05, 4.69) is 15.7 Å². The molecule has 0 saturated heterocycles. The van der Waals surface area contributed by atoms with E-state index in [9.17, 15) is 18.0 Å². The summed E-state index contributed by atoms with van der Waals surface area (Å²) in [6.45, 7) is 2.89. The Hall–Kier alpha value is -3.52. The molecule has 0 bridgehead atoms. The van der Waals surface area contributed by atoms with Gasteiger partial charge in [-0.25, -0.2) is 13.2 Å². The maximum Gasteiger partial charge on any atom is 0.409 e. The van der Waals surface area contributed by atoms with Gasteiger partial charge in [-0.15, -0.1) is 5.10 Å². The van der Waals surface area contributed by atoms with E-state index in [0.29, 0.717) is 6.54 Å².